The maximum atomic E-state index is 10.7. The average molecular weight is 328 g/mol. The summed E-state index contributed by atoms with van der Waals surface area (Å²) in [5.41, 5.74) is 1.96. The number of hydrogen-bond donors (Lipinski definition) is 0. The molecule has 0 spiro atoms. The highest BCUT2D eigenvalue weighted by molar-refractivity contribution is 9.10. The van der Waals surface area contributed by atoms with Gasteiger partial charge in [-0.05, 0) is 30.5 Å². The fourth-order valence-electron chi connectivity index (χ4n) is 1.74. The van der Waals surface area contributed by atoms with Crippen molar-refractivity contribution in [1.29, 1.82) is 0 Å². The maximum absolute atomic E-state index is 10.7. The minimum Gasteiger partial charge on any atom is -0.496 e. The zero-order chi connectivity index (χ0) is 14.4. The van der Waals surface area contributed by atoms with E-state index < -0.39 is 4.92 Å². The van der Waals surface area contributed by atoms with Crippen molar-refractivity contribution in [2.45, 2.75) is 33.1 Å². The Labute approximate surface area is 121 Å². The first-order chi connectivity index (χ1) is 8.99. The second kappa shape index (κ2) is 7.28. The van der Waals surface area contributed by atoms with Gasteiger partial charge in [-0.15, -0.1) is 0 Å². The number of rotatable bonds is 6. The molecule has 0 aliphatic heterocycles. The summed E-state index contributed by atoms with van der Waals surface area (Å²) in [6, 6.07) is 3.82. The summed E-state index contributed by atoms with van der Waals surface area (Å²) >= 11 is 3.51. The van der Waals surface area contributed by atoms with Crippen LogP contribution in [0.25, 0.3) is 6.08 Å². The zero-order valence-electron chi connectivity index (χ0n) is 11.4. The van der Waals surface area contributed by atoms with Crippen molar-refractivity contribution < 1.29 is 9.66 Å². The third-order valence-corrected chi connectivity index (χ3v) is 3.59. The topological polar surface area (TPSA) is 52.4 Å². The Balaban J connectivity index is 3.16. The van der Waals surface area contributed by atoms with Gasteiger partial charge in [-0.3, -0.25) is 10.1 Å². The first-order valence-corrected chi connectivity index (χ1v) is 6.98. The SMILES string of the molecule is CCCCc1cc(OC)c(/C=C(\C)[N+](=O)[O-])cc1Br. The van der Waals surface area contributed by atoms with Crippen molar-refractivity contribution >= 4 is 22.0 Å². The number of unbranched alkanes of at least 4 members (excludes halogenated alkanes) is 1. The van der Waals surface area contributed by atoms with Gasteiger partial charge in [0.1, 0.15) is 5.75 Å². The maximum Gasteiger partial charge on any atom is 0.243 e. The van der Waals surface area contributed by atoms with Crippen LogP contribution in [0.15, 0.2) is 22.3 Å². The summed E-state index contributed by atoms with van der Waals surface area (Å²) in [7, 11) is 1.58. The Bertz CT molecular complexity index is 498. The molecule has 0 amide bonds. The molecule has 0 unspecified atom stereocenters. The number of halogens is 1. The van der Waals surface area contributed by atoms with Gasteiger partial charge in [0, 0.05) is 23.0 Å². The summed E-state index contributed by atoms with van der Waals surface area (Å²) in [6.45, 7) is 3.61. The van der Waals surface area contributed by atoms with Crippen molar-refractivity contribution in [2.24, 2.45) is 0 Å². The molecular formula is C14H18BrNO3. The molecule has 0 fully saturated rings. The van der Waals surface area contributed by atoms with E-state index in [1.807, 2.05) is 12.1 Å². The molecule has 4 nitrogen and oxygen atoms in total. The van der Waals surface area contributed by atoms with Gasteiger partial charge in [0.15, 0.2) is 0 Å². The number of nitrogens with zero attached hydrogens (tertiary/aromatic N) is 1. The molecule has 1 aromatic carbocycles. The molecule has 0 atom stereocenters. The normalized spacial score (nSPS) is 11.5. The lowest BCUT2D eigenvalue weighted by molar-refractivity contribution is -0.422. The highest BCUT2D eigenvalue weighted by Crippen LogP contribution is 2.30. The number of methoxy groups -OCH3 is 1. The summed E-state index contributed by atoms with van der Waals surface area (Å²) in [6.07, 6.45) is 4.71. The number of allylic oxidation sites excluding steroid dienone is 1. The second-order valence-corrected chi connectivity index (χ2v) is 5.19. The quantitative estimate of drug-likeness (QED) is 0.573. The smallest absolute Gasteiger partial charge is 0.243 e. The van der Waals surface area contributed by atoms with Crippen LogP contribution in [0.1, 0.15) is 37.8 Å². The van der Waals surface area contributed by atoms with E-state index >= 15 is 0 Å². The van der Waals surface area contributed by atoms with E-state index in [2.05, 4.69) is 22.9 Å². The van der Waals surface area contributed by atoms with E-state index in [9.17, 15) is 10.1 Å². The van der Waals surface area contributed by atoms with Crippen LogP contribution in [0.5, 0.6) is 5.75 Å². The van der Waals surface area contributed by atoms with Gasteiger partial charge in [0.2, 0.25) is 5.70 Å². The summed E-state index contributed by atoms with van der Waals surface area (Å²) < 4.78 is 6.28. The van der Waals surface area contributed by atoms with Gasteiger partial charge < -0.3 is 4.74 Å². The molecule has 0 aromatic heterocycles. The van der Waals surface area contributed by atoms with E-state index in [-0.39, 0.29) is 5.70 Å². The van der Waals surface area contributed by atoms with Crippen LogP contribution in [0.3, 0.4) is 0 Å². The summed E-state index contributed by atoms with van der Waals surface area (Å²) in [4.78, 5) is 10.3. The third-order valence-electron chi connectivity index (χ3n) is 2.85. The molecule has 104 valence electrons. The van der Waals surface area contributed by atoms with E-state index in [0.717, 1.165) is 29.3 Å². The standard InChI is InChI=1S/C14H18BrNO3/c1-4-5-6-11-9-14(19-3)12(8-13(11)15)7-10(2)16(17)18/h7-9H,4-6H2,1-3H3/b10-7+. The molecule has 0 heterocycles. The first-order valence-electron chi connectivity index (χ1n) is 6.18. The van der Waals surface area contributed by atoms with Gasteiger partial charge in [0.25, 0.3) is 0 Å². The monoisotopic (exact) mass is 327 g/mol. The van der Waals surface area contributed by atoms with E-state index in [0.29, 0.717) is 11.3 Å². The molecule has 19 heavy (non-hydrogen) atoms. The zero-order valence-corrected chi connectivity index (χ0v) is 13.0. The number of benzene rings is 1. The molecule has 0 bridgehead atoms. The average Bonchev–Trinajstić information content (AvgIpc) is 2.37. The Hall–Kier alpha value is -1.36. The van der Waals surface area contributed by atoms with Crippen LogP contribution < -0.4 is 4.74 Å². The number of hydrogen-bond acceptors (Lipinski definition) is 3. The molecule has 0 aliphatic carbocycles. The van der Waals surface area contributed by atoms with Crippen LogP contribution in [0, 0.1) is 10.1 Å². The molecule has 1 aromatic rings. The highest BCUT2D eigenvalue weighted by Gasteiger charge is 2.10. The van der Waals surface area contributed by atoms with Crippen LogP contribution in [-0.2, 0) is 6.42 Å². The third kappa shape index (κ3) is 4.35. The van der Waals surface area contributed by atoms with Gasteiger partial charge >= 0.3 is 0 Å². The van der Waals surface area contributed by atoms with Gasteiger partial charge in [0.05, 0.1) is 12.0 Å². The largest absolute Gasteiger partial charge is 0.496 e. The summed E-state index contributed by atoms with van der Waals surface area (Å²) in [5, 5.41) is 10.7. The molecule has 1 rings (SSSR count). The van der Waals surface area contributed by atoms with Gasteiger partial charge in [-0.1, -0.05) is 29.3 Å². The van der Waals surface area contributed by atoms with Crippen molar-refractivity contribution in [3.63, 3.8) is 0 Å². The van der Waals surface area contributed by atoms with Crippen molar-refractivity contribution in [2.75, 3.05) is 7.11 Å². The lowest BCUT2D eigenvalue weighted by Gasteiger charge is -2.10. The van der Waals surface area contributed by atoms with Crippen molar-refractivity contribution in [3.05, 3.63) is 43.5 Å². The van der Waals surface area contributed by atoms with Gasteiger partial charge in [-0.25, -0.2) is 0 Å². The Morgan fingerprint density at radius 3 is 2.74 bits per heavy atom. The Kier molecular flexibility index (Phi) is 6.02. The lowest BCUT2D eigenvalue weighted by Crippen LogP contribution is -1.96. The molecule has 0 N–H and O–H groups in total. The lowest BCUT2D eigenvalue weighted by atomic mass is 10.0. The van der Waals surface area contributed by atoms with E-state index in [4.69, 9.17) is 4.74 Å². The predicted octanol–water partition coefficient (Wildman–Crippen LogP) is 4.44. The molecule has 0 radical (unpaired) electrons. The van der Waals surface area contributed by atoms with Crippen LogP contribution in [0.4, 0.5) is 0 Å². The minimum absolute atomic E-state index is 0.0894. The van der Waals surface area contributed by atoms with E-state index in [1.165, 1.54) is 13.0 Å². The van der Waals surface area contributed by atoms with Crippen LogP contribution >= 0.6 is 15.9 Å². The molecule has 0 saturated heterocycles. The molecule has 0 saturated carbocycles. The first kappa shape index (κ1) is 15.7. The number of aryl methyl sites for hydroxylation is 1. The fourth-order valence-corrected chi connectivity index (χ4v) is 2.30. The summed E-state index contributed by atoms with van der Waals surface area (Å²) in [5.74, 6) is 0.663. The van der Waals surface area contributed by atoms with Crippen molar-refractivity contribution in [3.8, 4) is 5.75 Å². The molecular weight excluding hydrogens is 310 g/mol. The number of nitro groups is 1. The fraction of sp³-hybridized carbons (Fsp3) is 0.429. The predicted molar refractivity (Wildman–Crippen MR) is 80.0 cm³/mol. The van der Waals surface area contributed by atoms with E-state index in [1.54, 1.807) is 7.11 Å². The minimum atomic E-state index is -0.404. The second-order valence-electron chi connectivity index (χ2n) is 4.33. The molecule has 0 aliphatic rings. The van der Waals surface area contributed by atoms with Crippen LogP contribution in [-0.4, -0.2) is 12.0 Å². The van der Waals surface area contributed by atoms with Gasteiger partial charge in [-0.2, -0.15) is 0 Å². The Morgan fingerprint density at radius 2 is 2.21 bits per heavy atom. The number of ether oxygens (including phenoxy) is 1. The molecule has 5 heteroatoms. The Morgan fingerprint density at radius 1 is 1.53 bits per heavy atom. The van der Waals surface area contributed by atoms with Crippen LogP contribution in [0.2, 0.25) is 0 Å². The van der Waals surface area contributed by atoms with Crippen molar-refractivity contribution in [1.82, 2.24) is 0 Å². The highest BCUT2D eigenvalue weighted by atomic mass is 79.9.